The van der Waals surface area contributed by atoms with Crippen LogP contribution in [0, 0.1) is 0 Å². The minimum atomic E-state index is -0.870. The molecule has 0 saturated heterocycles. The molecule has 24 heavy (non-hydrogen) atoms. The molecular weight excluding hydrogens is 304 g/mol. The number of carbonyl (C=O) groups is 1. The number of hydrogen-bond donors (Lipinski definition) is 3. The fourth-order valence-corrected chi connectivity index (χ4v) is 2.19. The Bertz CT molecular complexity index is 590. The van der Waals surface area contributed by atoms with Crippen molar-refractivity contribution in [2.75, 3.05) is 19.6 Å². The molecule has 0 aliphatic heterocycles. The zero-order chi connectivity index (χ0) is 17.0. The van der Waals surface area contributed by atoms with Crippen LogP contribution >= 0.6 is 0 Å². The Morgan fingerprint density at radius 2 is 1.58 bits per heavy atom. The van der Waals surface area contributed by atoms with Gasteiger partial charge in [0.1, 0.15) is 0 Å². The number of rotatable bonds is 10. The van der Waals surface area contributed by atoms with Gasteiger partial charge < -0.3 is 20.5 Å². The van der Waals surface area contributed by atoms with Crippen molar-refractivity contribution in [2.24, 2.45) is 0 Å². The fourth-order valence-electron chi connectivity index (χ4n) is 2.19. The van der Waals surface area contributed by atoms with Crippen molar-refractivity contribution in [2.45, 2.75) is 19.3 Å². The quantitative estimate of drug-likeness (QED) is 0.456. The summed E-state index contributed by atoms with van der Waals surface area (Å²) in [4.78, 5) is 11.8. The number of aliphatic hydroxyl groups excluding tert-OH is 1. The third-order valence-corrected chi connectivity index (χ3v) is 3.44. The number of amides is 1. The molecule has 0 bridgehead atoms. The first-order valence-corrected chi connectivity index (χ1v) is 8.09. The standard InChI is InChI=1S/C19H24N2O3/c22-18(13-16-7-3-1-4-8-16)21-12-11-20-14-19(23)24-15-17-9-5-2-6-10-17/h1-10,19-20,23H,11-15H2,(H,21,22). The molecule has 3 N–H and O–H groups in total. The second kappa shape index (κ2) is 10.5. The third kappa shape index (κ3) is 7.37. The molecule has 0 fully saturated rings. The van der Waals surface area contributed by atoms with E-state index in [1.165, 1.54) is 0 Å². The molecule has 0 radical (unpaired) electrons. The predicted molar refractivity (Wildman–Crippen MR) is 93.3 cm³/mol. The van der Waals surface area contributed by atoms with Gasteiger partial charge in [-0.25, -0.2) is 0 Å². The van der Waals surface area contributed by atoms with Gasteiger partial charge in [0.2, 0.25) is 5.91 Å². The molecule has 0 saturated carbocycles. The molecule has 2 aromatic rings. The normalized spacial score (nSPS) is 11.9. The molecule has 2 aromatic carbocycles. The summed E-state index contributed by atoms with van der Waals surface area (Å²) in [5.74, 6) is -0.0103. The summed E-state index contributed by atoms with van der Waals surface area (Å²) in [6.07, 6.45) is -0.492. The van der Waals surface area contributed by atoms with Crippen molar-refractivity contribution in [3.63, 3.8) is 0 Å². The van der Waals surface area contributed by atoms with Crippen LogP contribution in [0.25, 0.3) is 0 Å². The van der Waals surface area contributed by atoms with E-state index < -0.39 is 6.29 Å². The van der Waals surface area contributed by atoms with Gasteiger partial charge in [0.05, 0.1) is 13.0 Å². The maximum absolute atomic E-state index is 11.8. The second-order valence-corrected chi connectivity index (χ2v) is 5.47. The van der Waals surface area contributed by atoms with Gasteiger partial charge in [0, 0.05) is 19.6 Å². The lowest BCUT2D eigenvalue weighted by Gasteiger charge is -2.13. The predicted octanol–water partition coefficient (Wildman–Crippen LogP) is 1.47. The maximum Gasteiger partial charge on any atom is 0.224 e. The minimum absolute atomic E-state index is 0.0103. The highest BCUT2D eigenvalue weighted by molar-refractivity contribution is 5.78. The zero-order valence-electron chi connectivity index (χ0n) is 13.7. The Kier molecular flexibility index (Phi) is 7.97. The molecule has 5 nitrogen and oxygen atoms in total. The summed E-state index contributed by atoms with van der Waals surface area (Å²) in [7, 11) is 0. The van der Waals surface area contributed by atoms with Crippen LogP contribution in [0.1, 0.15) is 11.1 Å². The zero-order valence-corrected chi connectivity index (χ0v) is 13.7. The summed E-state index contributed by atoms with van der Waals surface area (Å²) in [6.45, 7) is 1.78. The Morgan fingerprint density at radius 1 is 0.958 bits per heavy atom. The van der Waals surface area contributed by atoms with Gasteiger partial charge in [-0.3, -0.25) is 4.79 Å². The van der Waals surface area contributed by atoms with Crippen LogP contribution in [0.3, 0.4) is 0 Å². The van der Waals surface area contributed by atoms with E-state index in [2.05, 4.69) is 10.6 Å². The number of aliphatic hydroxyl groups is 1. The molecule has 1 unspecified atom stereocenters. The van der Waals surface area contributed by atoms with Gasteiger partial charge in [-0.15, -0.1) is 0 Å². The molecule has 5 heteroatoms. The second-order valence-electron chi connectivity index (χ2n) is 5.47. The van der Waals surface area contributed by atoms with Crippen molar-refractivity contribution in [1.29, 1.82) is 0 Å². The smallest absolute Gasteiger partial charge is 0.224 e. The Balaban J connectivity index is 1.50. The minimum Gasteiger partial charge on any atom is -0.367 e. The molecule has 1 amide bonds. The van der Waals surface area contributed by atoms with Crippen molar-refractivity contribution in [3.05, 3.63) is 71.8 Å². The highest BCUT2D eigenvalue weighted by Crippen LogP contribution is 2.02. The lowest BCUT2D eigenvalue weighted by Crippen LogP contribution is -2.36. The van der Waals surface area contributed by atoms with Crippen LogP contribution in [0.4, 0.5) is 0 Å². The summed E-state index contributed by atoms with van der Waals surface area (Å²) in [5, 5.41) is 15.6. The van der Waals surface area contributed by atoms with Crippen LogP contribution in [0.15, 0.2) is 60.7 Å². The van der Waals surface area contributed by atoms with Crippen molar-refractivity contribution >= 4 is 5.91 Å². The Morgan fingerprint density at radius 3 is 2.25 bits per heavy atom. The van der Waals surface area contributed by atoms with Crippen molar-refractivity contribution < 1.29 is 14.6 Å². The molecule has 0 aliphatic rings. The monoisotopic (exact) mass is 328 g/mol. The Hall–Kier alpha value is -2.21. The van der Waals surface area contributed by atoms with Crippen molar-refractivity contribution in [3.8, 4) is 0 Å². The lowest BCUT2D eigenvalue weighted by atomic mass is 10.1. The summed E-state index contributed by atoms with van der Waals surface area (Å²) < 4.78 is 5.34. The molecular formula is C19H24N2O3. The van der Waals surface area contributed by atoms with Crippen LogP contribution in [0.5, 0.6) is 0 Å². The molecule has 0 aliphatic carbocycles. The van der Waals surface area contributed by atoms with E-state index in [0.29, 0.717) is 32.7 Å². The van der Waals surface area contributed by atoms with E-state index in [4.69, 9.17) is 4.74 Å². The average Bonchev–Trinajstić information content (AvgIpc) is 2.61. The topological polar surface area (TPSA) is 70.6 Å². The van der Waals surface area contributed by atoms with Gasteiger partial charge in [0.15, 0.2) is 6.29 Å². The highest BCUT2D eigenvalue weighted by Gasteiger charge is 2.05. The number of carbonyl (C=O) groups excluding carboxylic acids is 1. The number of hydrogen-bond acceptors (Lipinski definition) is 4. The van der Waals surface area contributed by atoms with Crippen molar-refractivity contribution in [1.82, 2.24) is 10.6 Å². The van der Waals surface area contributed by atoms with Crippen LogP contribution in [0.2, 0.25) is 0 Å². The molecule has 128 valence electrons. The first-order chi connectivity index (χ1) is 11.7. The largest absolute Gasteiger partial charge is 0.367 e. The first-order valence-electron chi connectivity index (χ1n) is 8.09. The van der Waals surface area contributed by atoms with Crippen LogP contribution < -0.4 is 10.6 Å². The SMILES string of the molecule is O=C(Cc1ccccc1)NCCNCC(O)OCc1ccccc1. The van der Waals surface area contributed by atoms with Gasteiger partial charge in [-0.2, -0.15) is 0 Å². The molecule has 0 heterocycles. The lowest BCUT2D eigenvalue weighted by molar-refractivity contribution is -0.120. The van der Waals surface area contributed by atoms with Crippen LogP contribution in [-0.4, -0.2) is 36.9 Å². The number of nitrogens with one attached hydrogen (secondary N) is 2. The number of benzene rings is 2. The number of ether oxygens (including phenoxy) is 1. The fraction of sp³-hybridized carbons (Fsp3) is 0.316. The van der Waals surface area contributed by atoms with Crippen LogP contribution in [-0.2, 0) is 22.6 Å². The van der Waals surface area contributed by atoms with E-state index in [1.54, 1.807) is 0 Å². The van der Waals surface area contributed by atoms with E-state index in [-0.39, 0.29) is 5.91 Å². The highest BCUT2D eigenvalue weighted by atomic mass is 16.6. The summed E-state index contributed by atoms with van der Waals surface area (Å²) in [6, 6.07) is 19.3. The third-order valence-electron chi connectivity index (χ3n) is 3.44. The maximum atomic E-state index is 11.8. The van der Waals surface area contributed by atoms with E-state index >= 15 is 0 Å². The van der Waals surface area contributed by atoms with Gasteiger partial charge >= 0.3 is 0 Å². The van der Waals surface area contributed by atoms with E-state index in [1.807, 2.05) is 60.7 Å². The average molecular weight is 328 g/mol. The van der Waals surface area contributed by atoms with E-state index in [0.717, 1.165) is 11.1 Å². The molecule has 0 aromatic heterocycles. The Labute approximate surface area is 142 Å². The van der Waals surface area contributed by atoms with Gasteiger partial charge in [-0.05, 0) is 11.1 Å². The van der Waals surface area contributed by atoms with Gasteiger partial charge in [-0.1, -0.05) is 60.7 Å². The summed E-state index contributed by atoms with van der Waals surface area (Å²) in [5.41, 5.74) is 2.01. The molecule has 2 rings (SSSR count). The summed E-state index contributed by atoms with van der Waals surface area (Å²) >= 11 is 0. The van der Waals surface area contributed by atoms with E-state index in [9.17, 15) is 9.90 Å². The molecule has 1 atom stereocenters. The molecule has 0 spiro atoms. The first kappa shape index (κ1) is 18.1. The van der Waals surface area contributed by atoms with Gasteiger partial charge in [0.25, 0.3) is 0 Å².